The Morgan fingerprint density at radius 3 is 2.82 bits per heavy atom. The molecule has 0 aliphatic heterocycles. The first-order chi connectivity index (χ1) is 8.19. The van der Waals surface area contributed by atoms with Gasteiger partial charge in [-0.15, -0.1) is 0 Å². The van der Waals surface area contributed by atoms with Gasteiger partial charge in [-0.3, -0.25) is 4.98 Å². The van der Waals surface area contributed by atoms with Crippen LogP contribution in [-0.2, 0) is 4.74 Å². The third kappa shape index (κ3) is 2.28. The van der Waals surface area contributed by atoms with Gasteiger partial charge in [-0.25, -0.2) is 0 Å². The lowest BCUT2D eigenvalue weighted by Crippen LogP contribution is -2.37. The molecule has 3 N–H and O–H groups in total. The van der Waals surface area contributed by atoms with Crippen molar-refractivity contribution in [2.75, 3.05) is 12.3 Å². The van der Waals surface area contributed by atoms with Crippen LogP contribution < -0.4 is 5.73 Å². The van der Waals surface area contributed by atoms with E-state index in [0.717, 1.165) is 25.7 Å². The number of hydrogen-bond donors (Lipinski definition) is 2. The highest BCUT2D eigenvalue weighted by Gasteiger charge is 2.42. The van der Waals surface area contributed by atoms with Gasteiger partial charge in [-0.2, -0.15) is 0 Å². The average Bonchev–Trinajstić information content (AvgIpc) is 2.79. The molecule has 0 bridgehead atoms. The second kappa shape index (κ2) is 5.02. The van der Waals surface area contributed by atoms with Gasteiger partial charge in [0.25, 0.3) is 0 Å². The van der Waals surface area contributed by atoms with Crippen LogP contribution in [-0.4, -0.2) is 22.3 Å². The van der Waals surface area contributed by atoms with E-state index in [2.05, 4.69) is 4.98 Å². The zero-order chi connectivity index (χ0) is 12.3. The molecule has 1 aromatic heterocycles. The molecule has 4 nitrogen and oxygen atoms in total. The van der Waals surface area contributed by atoms with E-state index in [-0.39, 0.29) is 0 Å². The Morgan fingerprint density at radius 1 is 1.53 bits per heavy atom. The minimum Gasteiger partial charge on any atom is -0.398 e. The number of rotatable bonds is 4. The van der Waals surface area contributed by atoms with Crippen LogP contribution in [0.4, 0.5) is 5.69 Å². The van der Waals surface area contributed by atoms with Crippen molar-refractivity contribution < 1.29 is 9.84 Å². The standard InChI is InChI=1S/C13H20N2O2/c1-2-17-13(6-3-4-7-13)12(16)10-9-15-8-5-11(10)14/h5,8-9,12,16H,2-4,6-7H2,1H3,(H2,14,15). The number of nitrogens with two attached hydrogens (primary N) is 1. The van der Waals surface area contributed by atoms with E-state index in [1.54, 1.807) is 18.5 Å². The lowest BCUT2D eigenvalue weighted by atomic mass is 9.89. The summed E-state index contributed by atoms with van der Waals surface area (Å²) in [5.41, 5.74) is 6.69. The molecule has 2 rings (SSSR count). The third-order valence-electron chi connectivity index (χ3n) is 3.56. The molecule has 1 atom stereocenters. The minimum atomic E-state index is -0.682. The van der Waals surface area contributed by atoms with Gasteiger partial charge in [0.15, 0.2) is 0 Å². The fraction of sp³-hybridized carbons (Fsp3) is 0.615. The summed E-state index contributed by atoms with van der Waals surface area (Å²) in [5.74, 6) is 0. The summed E-state index contributed by atoms with van der Waals surface area (Å²) in [6, 6.07) is 1.72. The fourth-order valence-corrected chi connectivity index (χ4v) is 2.69. The number of aliphatic hydroxyl groups excluding tert-OH is 1. The van der Waals surface area contributed by atoms with E-state index in [1.165, 1.54) is 0 Å². The van der Waals surface area contributed by atoms with Crippen molar-refractivity contribution in [3.05, 3.63) is 24.0 Å². The largest absolute Gasteiger partial charge is 0.398 e. The van der Waals surface area contributed by atoms with E-state index in [0.29, 0.717) is 17.9 Å². The van der Waals surface area contributed by atoms with Crippen LogP contribution >= 0.6 is 0 Å². The van der Waals surface area contributed by atoms with Crippen molar-refractivity contribution in [3.63, 3.8) is 0 Å². The molecule has 0 amide bonds. The number of anilines is 1. The van der Waals surface area contributed by atoms with E-state index < -0.39 is 11.7 Å². The Bertz CT molecular complexity index is 375. The predicted molar refractivity (Wildman–Crippen MR) is 66.4 cm³/mol. The van der Waals surface area contributed by atoms with Crippen molar-refractivity contribution in [2.45, 2.75) is 44.3 Å². The van der Waals surface area contributed by atoms with Crippen LogP contribution in [0.25, 0.3) is 0 Å². The second-order valence-electron chi connectivity index (χ2n) is 4.61. The zero-order valence-electron chi connectivity index (χ0n) is 10.2. The topological polar surface area (TPSA) is 68.4 Å². The smallest absolute Gasteiger partial charge is 0.111 e. The number of hydrogen-bond acceptors (Lipinski definition) is 4. The van der Waals surface area contributed by atoms with Gasteiger partial charge < -0.3 is 15.6 Å². The highest BCUT2D eigenvalue weighted by molar-refractivity contribution is 5.46. The SMILES string of the molecule is CCOC1(C(O)c2cnccc2N)CCCC1. The van der Waals surface area contributed by atoms with E-state index in [9.17, 15) is 5.11 Å². The highest BCUT2D eigenvalue weighted by atomic mass is 16.5. The van der Waals surface area contributed by atoms with Crippen LogP contribution in [0.1, 0.15) is 44.3 Å². The van der Waals surface area contributed by atoms with Crippen molar-refractivity contribution in [2.24, 2.45) is 0 Å². The summed E-state index contributed by atoms with van der Waals surface area (Å²) in [6.07, 6.45) is 6.55. The molecule has 1 fully saturated rings. The van der Waals surface area contributed by atoms with Gasteiger partial charge >= 0.3 is 0 Å². The summed E-state index contributed by atoms with van der Waals surface area (Å²) in [7, 11) is 0. The zero-order valence-corrected chi connectivity index (χ0v) is 10.2. The first-order valence-electron chi connectivity index (χ1n) is 6.21. The number of nitrogens with zero attached hydrogens (tertiary/aromatic N) is 1. The quantitative estimate of drug-likeness (QED) is 0.839. The third-order valence-corrected chi connectivity index (χ3v) is 3.56. The molecule has 94 valence electrons. The van der Waals surface area contributed by atoms with Gasteiger partial charge in [0.05, 0.1) is 5.60 Å². The Kier molecular flexibility index (Phi) is 3.64. The summed E-state index contributed by atoms with van der Waals surface area (Å²) >= 11 is 0. The summed E-state index contributed by atoms with van der Waals surface area (Å²) < 4.78 is 5.83. The molecule has 0 saturated heterocycles. The highest BCUT2D eigenvalue weighted by Crippen LogP contribution is 2.43. The molecule has 17 heavy (non-hydrogen) atoms. The number of ether oxygens (including phenoxy) is 1. The molecule has 0 spiro atoms. The average molecular weight is 236 g/mol. The van der Waals surface area contributed by atoms with Gasteiger partial charge in [-0.1, -0.05) is 12.8 Å². The molecule has 1 aliphatic carbocycles. The lowest BCUT2D eigenvalue weighted by molar-refractivity contribution is -0.118. The van der Waals surface area contributed by atoms with Crippen LogP contribution in [0.5, 0.6) is 0 Å². The van der Waals surface area contributed by atoms with E-state index in [1.807, 2.05) is 6.92 Å². The number of aliphatic hydroxyl groups is 1. The first kappa shape index (κ1) is 12.3. The van der Waals surface area contributed by atoms with Crippen LogP contribution in [0.15, 0.2) is 18.5 Å². The fourth-order valence-electron chi connectivity index (χ4n) is 2.69. The summed E-state index contributed by atoms with van der Waals surface area (Å²) in [6.45, 7) is 2.57. The van der Waals surface area contributed by atoms with E-state index >= 15 is 0 Å². The predicted octanol–water partition coefficient (Wildman–Crippen LogP) is 2.05. The van der Waals surface area contributed by atoms with Crippen molar-refractivity contribution in [3.8, 4) is 0 Å². The monoisotopic (exact) mass is 236 g/mol. The van der Waals surface area contributed by atoms with Crippen LogP contribution in [0, 0.1) is 0 Å². The molecular weight excluding hydrogens is 216 g/mol. The lowest BCUT2D eigenvalue weighted by Gasteiger charge is -2.34. The molecule has 4 heteroatoms. The Morgan fingerprint density at radius 2 is 2.24 bits per heavy atom. The summed E-state index contributed by atoms with van der Waals surface area (Å²) in [5, 5.41) is 10.5. The maximum atomic E-state index is 10.5. The Labute approximate surface area is 102 Å². The number of pyridine rings is 1. The number of aromatic nitrogens is 1. The molecule has 1 aromatic rings. The van der Waals surface area contributed by atoms with Crippen molar-refractivity contribution in [1.29, 1.82) is 0 Å². The van der Waals surface area contributed by atoms with Crippen molar-refractivity contribution in [1.82, 2.24) is 4.98 Å². The molecule has 0 aromatic carbocycles. The Balaban J connectivity index is 2.28. The minimum absolute atomic E-state index is 0.466. The first-order valence-corrected chi connectivity index (χ1v) is 6.21. The second-order valence-corrected chi connectivity index (χ2v) is 4.61. The van der Waals surface area contributed by atoms with Gasteiger partial charge in [0.1, 0.15) is 6.10 Å². The van der Waals surface area contributed by atoms with E-state index in [4.69, 9.17) is 10.5 Å². The normalized spacial score (nSPS) is 20.4. The number of nitrogen functional groups attached to an aromatic ring is 1. The maximum Gasteiger partial charge on any atom is 0.111 e. The van der Waals surface area contributed by atoms with Gasteiger partial charge in [0.2, 0.25) is 0 Å². The van der Waals surface area contributed by atoms with Gasteiger partial charge in [0, 0.05) is 30.3 Å². The molecule has 1 heterocycles. The Hall–Kier alpha value is -1.13. The van der Waals surface area contributed by atoms with Crippen LogP contribution in [0.2, 0.25) is 0 Å². The van der Waals surface area contributed by atoms with Crippen molar-refractivity contribution >= 4 is 5.69 Å². The van der Waals surface area contributed by atoms with Crippen LogP contribution in [0.3, 0.4) is 0 Å². The molecule has 1 saturated carbocycles. The molecule has 1 aliphatic rings. The van der Waals surface area contributed by atoms with Gasteiger partial charge in [-0.05, 0) is 25.8 Å². The summed E-state index contributed by atoms with van der Waals surface area (Å²) in [4.78, 5) is 4.03. The molecule has 0 radical (unpaired) electrons. The molecule has 1 unspecified atom stereocenters. The maximum absolute atomic E-state index is 10.5. The molecular formula is C13H20N2O2.